The number of hydrogen-bond acceptors (Lipinski definition) is 4. The predicted molar refractivity (Wildman–Crippen MR) is 108 cm³/mol. The normalized spacial score (nSPS) is 50.2. The van der Waals surface area contributed by atoms with Crippen LogP contribution < -0.4 is 0 Å². The summed E-state index contributed by atoms with van der Waals surface area (Å²) in [4.78, 5) is 24.1. The van der Waals surface area contributed by atoms with E-state index < -0.39 is 11.6 Å². The molecule has 0 radical (unpaired) electrons. The first-order valence-electron chi connectivity index (χ1n) is 11.5. The Hall–Kier alpha value is -0.900. The molecule has 4 aliphatic rings. The minimum Gasteiger partial charge on any atom is -0.458 e. The number of fused-ring (bicyclic) bond motifs is 5. The van der Waals surface area contributed by atoms with Gasteiger partial charge in [0.1, 0.15) is 5.60 Å². The third-order valence-corrected chi connectivity index (χ3v) is 10.4. The minimum atomic E-state index is -1.34. The van der Waals surface area contributed by atoms with Crippen molar-refractivity contribution in [3.8, 4) is 0 Å². The second-order valence-electron chi connectivity index (χ2n) is 11.2. The van der Waals surface area contributed by atoms with Crippen molar-refractivity contribution in [2.24, 2.45) is 34.0 Å². The summed E-state index contributed by atoms with van der Waals surface area (Å²) in [7, 11) is 0. The quantitative estimate of drug-likeness (QED) is 0.711. The molecular weight excluding hydrogens is 352 g/mol. The molecule has 0 saturated heterocycles. The number of esters is 1. The average Bonchev–Trinajstić information content (AvgIpc) is 2.92. The molecule has 0 heterocycles. The Morgan fingerprint density at radius 3 is 2.25 bits per heavy atom. The molecule has 0 amide bonds. The third kappa shape index (κ3) is 2.58. The van der Waals surface area contributed by atoms with Crippen molar-refractivity contribution in [2.45, 2.75) is 97.5 Å². The van der Waals surface area contributed by atoms with E-state index in [2.05, 4.69) is 20.8 Å². The Kier molecular flexibility index (Phi) is 4.77. The summed E-state index contributed by atoms with van der Waals surface area (Å²) >= 11 is 0. The van der Waals surface area contributed by atoms with Gasteiger partial charge in [0.25, 0.3) is 0 Å². The number of ketones is 1. The number of Topliss-reactive ketones (excluding diaryl/α,β-unsaturated/α-hetero) is 1. The number of carbonyl (C=O) groups excluding carboxylic acids is 2. The van der Waals surface area contributed by atoms with Crippen LogP contribution in [-0.2, 0) is 14.3 Å². The molecule has 4 fully saturated rings. The van der Waals surface area contributed by atoms with Crippen LogP contribution in [0.3, 0.4) is 0 Å². The SMILES string of the molecule is CC(=O)OCC(=O)[C@@]1(O)CC[C@@H]2[C@@H]3CC[C@@]4(C)CCCC[C@]4(C)[C@@H]3CC[C@@]21C. The van der Waals surface area contributed by atoms with Crippen LogP contribution in [-0.4, -0.2) is 29.1 Å². The van der Waals surface area contributed by atoms with Crippen molar-refractivity contribution < 1.29 is 19.4 Å². The molecule has 0 spiro atoms. The highest BCUT2D eigenvalue weighted by Gasteiger charge is 2.67. The lowest BCUT2D eigenvalue weighted by atomic mass is 9.40. The van der Waals surface area contributed by atoms with Crippen LogP contribution in [0.25, 0.3) is 0 Å². The average molecular weight is 391 g/mol. The molecule has 4 aliphatic carbocycles. The fraction of sp³-hybridized carbons (Fsp3) is 0.917. The zero-order valence-electron chi connectivity index (χ0n) is 18.2. The maximum atomic E-state index is 12.9. The first-order chi connectivity index (χ1) is 13.1. The minimum absolute atomic E-state index is 0.294. The van der Waals surface area contributed by atoms with E-state index in [1.807, 2.05) is 0 Å². The van der Waals surface area contributed by atoms with Gasteiger partial charge in [-0.1, -0.05) is 33.6 Å². The summed E-state index contributed by atoms with van der Waals surface area (Å²) in [5.41, 5.74) is -0.866. The van der Waals surface area contributed by atoms with Gasteiger partial charge in [-0.25, -0.2) is 0 Å². The Morgan fingerprint density at radius 2 is 1.54 bits per heavy atom. The molecule has 0 aliphatic heterocycles. The van der Waals surface area contributed by atoms with Gasteiger partial charge in [0, 0.05) is 12.3 Å². The fourth-order valence-corrected chi connectivity index (χ4v) is 8.37. The highest BCUT2D eigenvalue weighted by molar-refractivity contribution is 5.90. The van der Waals surface area contributed by atoms with Gasteiger partial charge in [-0.15, -0.1) is 0 Å². The summed E-state index contributed by atoms with van der Waals surface area (Å²) < 4.78 is 4.96. The van der Waals surface area contributed by atoms with Gasteiger partial charge in [0.15, 0.2) is 6.61 Å². The van der Waals surface area contributed by atoms with E-state index in [0.717, 1.165) is 25.2 Å². The van der Waals surface area contributed by atoms with E-state index in [1.165, 1.54) is 45.4 Å². The van der Waals surface area contributed by atoms with Crippen LogP contribution >= 0.6 is 0 Å². The molecule has 0 aromatic carbocycles. The lowest BCUT2D eigenvalue weighted by Crippen LogP contribution is -2.60. The molecule has 4 heteroatoms. The molecule has 4 rings (SSSR count). The van der Waals surface area contributed by atoms with Crippen molar-refractivity contribution in [1.29, 1.82) is 0 Å². The van der Waals surface area contributed by atoms with Gasteiger partial charge in [0.2, 0.25) is 5.78 Å². The molecule has 28 heavy (non-hydrogen) atoms. The smallest absolute Gasteiger partial charge is 0.303 e. The van der Waals surface area contributed by atoms with Gasteiger partial charge in [0.05, 0.1) is 0 Å². The Bertz CT molecular complexity index is 674. The highest BCUT2D eigenvalue weighted by Crippen LogP contribution is 2.71. The summed E-state index contributed by atoms with van der Waals surface area (Å²) in [5.74, 6) is 0.981. The van der Waals surface area contributed by atoms with E-state index in [0.29, 0.717) is 29.1 Å². The van der Waals surface area contributed by atoms with Gasteiger partial charge >= 0.3 is 5.97 Å². The van der Waals surface area contributed by atoms with Gasteiger partial charge in [-0.3, -0.25) is 9.59 Å². The fourth-order valence-electron chi connectivity index (χ4n) is 8.37. The van der Waals surface area contributed by atoms with Gasteiger partial charge in [-0.05, 0) is 80.0 Å². The standard InChI is InChI=1S/C24H38O4/c1-16(25)28-15-20(26)24(27)14-9-19-17-7-12-21(2)10-5-6-11-22(21,3)18(17)8-13-23(19,24)4/h17-19,27H,5-15H2,1-4H3/t17-,18-,19-,21-,22-,23+,24+/m1/s1. The zero-order valence-corrected chi connectivity index (χ0v) is 18.2. The second kappa shape index (κ2) is 6.55. The van der Waals surface area contributed by atoms with Crippen LogP contribution in [0.1, 0.15) is 91.9 Å². The molecule has 4 saturated carbocycles. The summed E-state index contributed by atoms with van der Waals surface area (Å²) in [6.07, 6.45) is 11.4. The molecule has 0 unspecified atom stereocenters. The van der Waals surface area contributed by atoms with Gasteiger partial charge in [-0.2, -0.15) is 0 Å². The van der Waals surface area contributed by atoms with E-state index in [1.54, 1.807) is 0 Å². The molecule has 7 atom stereocenters. The summed E-state index contributed by atoms with van der Waals surface area (Å²) in [5, 5.41) is 11.5. The van der Waals surface area contributed by atoms with Crippen molar-refractivity contribution in [3.63, 3.8) is 0 Å². The maximum Gasteiger partial charge on any atom is 0.303 e. The predicted octanol–water partition coefficient (Wildman–Crippen LogP) is 4.67. The Morgan fingerprint density at radius 1 is 0.893 bits per heavy atom. The number of hydrogen-bond donors (Lipinski definition) is 1. The third-order valence-electron chi connectivity index (χ3n) is 10.4. The molecule has 158 valence electrons. The van der Waals surface area contributed by atoms with E-state index in [9.17, 15) is 14.7 Å². The Balaban J connectivity index is 1.60. The number of ether oxygens (including phenoxy) is 1. The van der Waals surface area contributed by atoms with Crippen molar-refractivity contribution >= 4 is 11.8 Å². The zero-order chi connectivity index (χ0) is 20.4. The highest BCUT2D eigenvalue weighted by atomic mass is 16.5. The lowest BCUT2D eigenvalue weighted by Gasteiger charge is -2.65. The largest absolute Gasteiger partial charge is 0.458 e. The summed E-state index contributed by atoms with van der Waals surface area (Å²) in [6.45, 7) is 8.25. The van der Waals surface area contributed by atoms with Crippen LogP contribution in [0.2, 0.25) is 0 Å². The van der Waals surface area contributed by atoms with E-state index >= 15 is 0 Å². The first-order valence-corrected chi connectivity index (χ1v) is 11.5. The van der Waals surface area contributed by atoms with Crippen LogP contribution in [0.15, 0.2) is 0 Å². The summed E-state index contributed by atoms with van der Waals surface area (Å²) in [6, 6.07) is 0. The number of aliphatic hydroxyl groups is 1. The molecular formula is C24H38O4. The van der Waals surface area contributed by atoms with E-state index in [4.69, 9.17) is 4.74 Å². The Labute approximate surface area is 169 Å². The monoisotopic (exact) mass is 390 g/mol. The molecule has 4 nitrogen and oxygen atoms in total. The topological polar surface area (TPSA) is 63.6 Å². The molecule has 0 bridgehead atoms. The maximum absolute atomic E-state index is 12.9. The lowest BCUT2D eigenvalue weighted by molar-refractivity contribution is -0.184. The molecule has 0 aromatic heterocycles. The van der Waals surface area contributed by atoms with Crippen molar-refractivity contribution in [3.05, 3.63) is 0 Å². The first kappa shape index (κ1) is 20.4. The second-order valence-corrected chi connectivity index (χ2v) is 11.2. The van der Waals surface area contributed by atoms with Crippen molar-refractivity contribution in [1.82, 2.24) is 0 Å². The molecule has 0 aromatic rings. The molecule has 1 N–H and O–H groups in total. The van der Waals surface area contributed by atoms with Crippen LogP contribution in [0.4, 0.5) is 0 Å². The number of carbonyl (C=O) groups is 2. The van der Waals surface area contributed by atoms with Crippen LogP contribution in [0.5, 0.6) is 0 Å². The number of rotatable bonds is 3. The van der Waals surface area contributed by atoms with E-state index in [-0.39, 0.29) is 17.8 Å². The van der Waals surface area contributed by atoms with Gasteiger partial charge < -0.3 is 9.84 Å². The van der Waals surface area contributed by atoms with Crippen molar-refractivity contribution in [2.75, 3.05) is 6.61 Å². The van der Waals surface area contributed by atoms with Crippen LogP contribution in [0, 0.1) is 34.0 Å².